The van der Waals surface area contributed by atoms with Crippen LogP contribution in [0.25, 0.3) is 22.2 Å². The molecule has 210 valence electrons. The van der Waals surface area contributed by atoms with E-state index in [0.717, 1.165) is 59.3 Å². The third kappa shape index (κ3) is 5.49. The Bertz CT molecular complexity index is 1630. The first-order valence-corrected chi connectivity index (χ1v) is 14.6. The predicted octanol–water partition coefficient (Wildman–Crippen LogP) is 6.98. The topological polar surface area (TPSA) is 46.0 Å². The predicted molar refractivity (Wildman–Crippen MR) is 172 cm³/mol. The summed E-state index contributed by atoms with van der Waals surface area (Å²) in [5, 5.41) is 13.2. The number of hydrogen-bond donors (Lipinski definition) is 1. The highest BCUT2D eigenvalue weighted by atomic mass is 15.5. The first-order valence-electron chi connectivity index (χ1n) is 14.6. The van der Waals surface area contributed by atoms with Gasteiger partial charge in [-0.05, 0) is 85.2 Å². The maximum atomic E-state index is 4.87. The molecule has 0 aliphatic heterocycles. The van der Waals surface area contributed by atoms with Crippen LogP contribution >= 0.6 is 0 Å². The summed E-state index contributed by atoms with van der Waals surface area (Å²) in [5.74, 6) is 0. The quantitative estimate of drug-likeness (QED) is 0.139. The number of rotatable bonds is 11. The van der Waals surface area contributed by atoms with Crippen LogP contribution in [0.15, 0.2) is 133 Å². The number of benzene rings is 5. The van der Waals surface area contributed by atoms with E-state index in [-0.39, 0.29) is 0 Å². The van der Waals surface area contributed by atoms with E-state index in [1.54, 1.807) is 0 Å². The van der Waals surface area contributed by atoms with Gasteiger partial charge in [-0.1, -0.05) is 120 Å². The lowest BCUT2D eigenvalue weighted by Crippen LogP contribution is -2.38. The summed E-state index contributed by atoms with van der Waals surface area (Å²) in [6.45, 7) is 2.95. The van der Waals surface area contributed by atoms with Crippen molar-refractivity contribution in [2.45, 2.75) is 18.5 Å². The molecule has 5 aromatic carbocycles. The Hall–Kier alpha value is -4.58. The molecular weight excluding hydrogens is 514 g/mol. The third-order valence-electron chi connectivity index (χ3n) is 7.89. The van der Waals surface area contributed by atoms with E-state index < -0.39 is 5.54 Å². The molecule has 0 radical (unpaired) electrons. The lowest BCUT2D eigenvalue weighted by molar-refractivity contribution is 0.394. The SMILES string of the molecule is CN(C)CCCNCc1cccc(-c2ccc3c(c2)nnn3C(c2ccccc2)(c2ccccc2)c2ccccc2)c1. The van der Waals surface area contributed by atoms with Crippen LogP contribution in [0.5, 0.6) is 0 Å². The van der Waals surface area contributed by atoms with E-state index in [2.05, 4.69) is 162 Å². The fourth-order valence-electron chi connectivity index (χ4n) is 5.87. The molecule has 5 heteroatoms. The molecule has 0 unspecified atom stereocenters. The minimum atomic E-state index is -0.696. The van der Waals surface area contributed by atoms with E-state index in [1.165, 1.54) is 11.1 Å². The zero-order chi connectivity index (χ0) is 28.8. The van der Waals surface area contributed by atoms with Gasteiger partial charge in [0.05, 0.1) is 5.52 Å². The zero-order valence-corrected chi connectivity index (χ0v) is 24.3. The summed E-state index contributed by atoms with van der Waals surface area (Å²) >= 11 is 0. The number of nitrogens with one attached hydrogen (secondary N) is 1. The number of hydrogen-bond acceptors (Lipinski definition) is 4. The minimum absolute atomic E-state index is 0.696. The first-order chi connectivity index (χ1) is 20.7. The fraction of sp³-hybridized carbons (Fsp3) is 0.189. The molecule has 0 saturated carbocycles. The van der Waals surface area contributed by atoms with Crippen LogP contribution in [0.1, 0.15) is 28.7 Å². The maximum absolute atomic E-state index is 4.87. The molecule has 5 nitrogen and oxygen atoms in total. The van der Waals surface area contributed by atoms with Crippen LogP contribution in [-0.4, -0.2) is 47.1 Å². The summed E-state index contributed by atoms with van der Waals surface area (Å²) in [6, 6.07) is 47.1. The van der Waals surface area contributed by atoms with Crippen molar-refractivity contribution in [3.05, 3.63) is 156 Å². The molecule has 0 spiro atoms. The van der Waals surface area contributed by atoms with Gasteiger partial charge >= 0.3 is 0 Å². The molecule has 1 aromatic heterocycles. The van der Waals surface area contributed by atoms with Crippen LogP contribution < -0.4 is 5.32 Å². The smallest absolute Gasteiger partial charge is 0.140 e. The lowest BCUT2D eigenvalue weighted by Gasteiger charge is -2.36. The van der Waals surface area contributed by atoms with Crippen LogP contribution in [0.2, 0.25) is 0 Å². The molecule has 1 N–H and O–H groups in total. The highest BCUT2D eigenvalue weighted by Gasteiger charge is 2.40. The lowest BCUT2D eigenvalue weighted by atomic mass is 9.77. The Balaban J connectivity index is 1.41. The first kappa shape index (κ1) is 27.6. The molecule has 0 aliphatic rings. The van der Waals surface area contributed by atoms with Gasteiger partial charge in [-0.2, -0.15) is 0 Å². The van der Waals surface area contributed by atoms with Crippen molar-refractivity contribution in [3.8, 4) is 11.1 Å². The Labute approximate surface area is 248 Å². The van der Waals surface area contributed by atoms with Crippen molar-refractivity contribution in [2.24, 2.45) is 0 Å². The Morgan fingerprint density at radius 2 is 1.26 bits per heavy atom. The minimum Gasteiger partial charge on any atom is -0.313 e. The number of nitrogens with zero attached hydrogens (tertiary/aromatic N) is 4. The van der Waals surface area contributed by atoms with Gasteiger partial charge in [-0.15, -0.1) is 5.10 Å². The van der Waals surface area contributed by atoms with Gasteiger partial charge in [-0.3, -0.25) is 0 Å². The van der Waals surface area contributed by atoms with Crippen LogP contribution in [-0.2, 0) is 12.1 Å². The average molecular weight is 552 g/mol. The van der Waals surface area contributed by atoms with Crippen LogP contribution in [0, 0.1) is 0 Å². The highest BCUT2D eigenvalue weighted by molar-refractivity contribution is 5.82. The number of fused-ring (bicyclic) bond motifs is 1. The number of aromatic nitrogens is 3. The van der Waals surface area contributed by atoms with Gasteiger partial charge in [0.25, 0.3) is 0 Å². The second-order valence-corrected chi connectivity index (χ2v) is 11.0. The Kier molecular flexibility index (Phi) is 8.22. The third-order valence-corrected chi connectivity index (χ3v) is 7.89. The summed E-state index contributed by atoms with van der Waals surface area (Å²) in [7, 11) is 4.23. The summed E-state index contributed by atoms with van der Waals surface area (Å²) in [5.41, 5.74) is 8.13. The van der Waals surface area contributed by atoms with Gasteiger partial charge in [0.15, 0.2) is 0 Å². The molecule has 42 heavy (non-hydrogen) atoms. The second-order valence-electron chi connectivity index (χ2n) is 11.0. The molecule has 0 bridgehead atoms. The average Bonchev–Trinajstić information content (AvgIpc) is 3.46. The normalized spacial score (nSPS) is 11.8. The molecule has 0 aliphatic carbocycles. The summed E-state index contributed by atoms with van der Waals surface area (Å²) in [6.07, 6.45) is 1.13. The Morgan fingerprint density at radius 1 is 0.667 bits per heavy atom. The molecule has 0 atom stereocenters. The van der Waals surface area contributed by atoms with Crippen LogP contribution in [0.4, 0.5) is 0 Å². The standard InChI is InChI=1S/C37H37N5/c1-41(2)25-13-24-38-28-29-14-12-15-30(26-29)31-22-23-36-35(27-31)39-40-42(36)37(32-16-6-3-7-17-32,33-18-8-4-9-19-33)34-20-10-5-11-21-34/h3-12,14-23,26-27,38H,13,24-25,28H2,1-2H3. The molecular formula is C37H37N5. The Morgan fingerprint density at radius 3 is 1.86 bits per heavy atom. The van der Waals surface area contributed by atoms with E-state index in [0.29, 0.717) is 0 Å². The van der Waals surface area contributed by atoms with Gasteiger partial charge in [-0.25, -0.2) is 4.68 Å². The van der Waals surface area contributed by atoms with Crippen molar-refractivity contribution in [3.63, 3.8) is 0 Å². The maximum Gasteiger partial charge on any atom is 0.140 e. The van der Waals surface area contributed by atoms with Gasteiger partial charge in [0, 0.05) is 6.54 Å². The van der Waals surface area contributed by atoms with Gasteiger partial charge in [0.2, 0.25) is 0 Å². The molecule has 0 amide bonds. The molecule has 0 fully saturated rings. The van der Waals surface area contributed by atoms with Crippen molar-refractivity contribution >= 4 is 11.0 Å². The van der Waals surface area contributed by atoms with Crippen molar-refractivity contribution < 1.29 is 0 Å². The van der Waals surface area contributed by atoms with E-state index >= 15 is 0 Å². The zero-order valence-electron chi connectivity index (χ0n) is 24.3. The molecule has 6 rings (SSSR count). The fourth-order valence-corrected chi connectivity index (χ4v) is 5.87. The van der Waals surface area contributed by atoms with Gasteiger partial charge < -0.3 is 10.2 Å². The summed E-state index contributed by atoms with van der Waals surface area (Å²) < 4.78 is 2.10. The molecule has 0 saturated heterocycles. The van der Waals surface area contributed by atoms with E-state index in [4.69, 9.17) is 10.3 Å². The second kappa shape index (κ2) is 12.5. The molecule has 6 aromatic rings. The van der Waals surface area contributed by atoms with Crippen molar-refractivity contribution in [1.82, 2.24) is 25.2 Å². The monoisotopic (exact) mass is 551 g/mol. The van der Waals surface area contributed by atoms with Crippen molar-refractivity contribution in [2.75, 3.05) is 27.2 Å². The molecule has 1 heterocycles. The highest BCUT2D eigenvalue weighted by Crippen LogP contribution is 2.42. The largest absolute Gasteiger partial charge is 0.313 e. The summed E-state index contributed by atoms with van der Waals surface area (Å²) in [4.78, 5) is 2.22. The van der Waals surface area contributed by atoms with E-state index in [9.17, 15) is 0 Å². The van der Waals surface area contributed by atoms with E-state index in [1.807, 2.05) is 0 Å². The van der Waals surface area contributed by atoms with Crippen molar-refractivity contribution in [1.29, 1.82) is 0 Å². The van der Waals surface area contributed by atoms with Crippen LogP contribution in [0.3, 0.4) is 0 Å². The van der Waals surface area contributed by atoms with Gasteiger partial charge in [0.1, 0.15) is 11.1 Å².